The Morgan fingerprint density at radius 1 is 0.681 bits per heavy atom. The van der Waals surface area contributed by atoms with Crippen LogP contribution in [-0.2, 0) is 80.0 Å². The third-order valence-electron chi connectivity index (χ3n) is 13.7. The van der Waals surface area contributed by atoms with E-state index in [1.54, 1.807) is 20.8 Å². The lowest BCUT2D eigenvalue weighted by Gasteiger charge is -2.31. The molecule has 0 aliphatic carbocycles. The lowest BCUT2D eigenvalue weighted by molar-refractivity contribution is -0.143. The molecule has 0 radical (unpaired) electrons. The number of amides is 13. The van der Waals surface area contributed by atoms with Crippen LogP contribution in [0, 0.1) is 5.92 Å². The maximum atomic E-state index is 14.5. The fourth-order valence-corrected chi connectivity index (χ4v) is 11.7. The van der Waals surface area contributed by atoms with Crippen LogP contribution in [0.25, 0.3) is 0 Å². The van der Waals surface area contributed by atoms with Gasteiger partial charge in [-0.1, -0.05) is 59.7 Å². The minimum atomic E-state index is -1.95. The van der Waals surface area contributed by atoms with E-state index in [4.69, 9.17) is 0 Å². The van der Waals surface area contributed by atoms with Crippen molar-refractivity contribution in [1.29, 1.82) is 0 Å². The molecular weight excluding hydrogens is 1230 g/mol. The minimum Gasteiger partial charge on any atom is -0.508 e. The van der Waals surface area contributed by atoms with E-state index in [0.29, 0.717) is 17.5 Å². The van der Waals surface area contributed by atoms with Crippen molar-refractivity contribution in [2.24, 2.45) is 5.92 Å². The summed E-state index contributed by atoms with van der Waals surface area (Å²) in [7, 11) is 2.11. The zero-order valence-electron chi connectivity index (χ0n) is 51.2. The molecule has 0 saturated carbocycles. The first-order chi connectivity index (χ1) is 43.0. The second-order valence-electron chi connectivity index (χ2n) is 22.1. The number of nitrogens with zero attached hydrogens (tertiary/aromatic N) is 2. The van der Waals surface area contributed by atoms with Crippen molar-refractivity contribution in [3.8, 4) is 11.5 Å². The fourth-order valence-electron chi connectivity index (χ4n) is 9.22. The normalized spacial score (nSPS) is 21.4. The van der Waals surface area contributed by atoms with E-state index in [-0.39, 0.29) is 86.7 Å². The van der Waals surface area contributed by atoms with Crippen molar-refractivity contribution < 1.29 is 87.5 Å². The van der Waals surface area contributed by atoms with Crippen LogP contribution in [0.4, 0.5) is 0 Å². The van der Waals surface area contributed by atoms with Crippen LogP contribution in [0.15, 0.2) is 48.5 Å². The van der Waals surface area contributed by atoms with Crippen molar-refractivity contribution >= 4 is 104 Å². The van der Waals surface area contributed by atoms with Gasteiger partial charge in [0.1, 0.15) is 53.8 Å². The number of aliphatic carboxylic acids is 1. The number of hydrogen-bond acceptors (Lipinski definition) is 20. The van der Waals surface area contributed by atoms with E-state index in [1.807, 2.05) is 0 Å². The largest absolute Gasteiger partial charge is 0.508 e. The number of hydrazine groups is 1. The molecule has 91 heavy (non-hydrogen) atoms. The monoisotopic (exact) mass is 1310 g/mol. The quantitative estimate of drug-likeness (QED) is 0.0368. The Labute approximate surface area is 532 Å². The molecule has 2 aromatic carbocycles. The molecule has 1 unspecified atom stereocenters. The summed E-state index contributed by atoms with van der Waals surface area (Å²) in [6.07, 6.45) is -2.69. The van der Waals surface area contributed by atoms with Gasteiger partial charge in [-0.2, -0.15) is 0 Å². The summed E-state index contributed by atoms with van der Waals surface area (Å²) in [6.45, 7) is 6.74. The number of carboxylic acids is 1. The number of phenols is 2. The van der Waals surface area contributed by atoms with Gasteiger partial charge in [0.05, 0.1) is 38.7 Å². The zero-order chi connectivity index (χ0) is 67.5. The smallest absolute Gasteiger partial charge is 0.305 e. The lowest BCUT2D eigenvalue weighted by Crippen LogP contribution is -2.60. The van der Waals surface area contributed by atoms with Crippen LogP contribution in [0.1, 0.15) is 78.4 Å². The summed E-state index contributed by atoms with van der Waals surface area (Å²) < 4.78 is 0. The van der Waals surface area contributed by atoms with Gasteiger partial charge in [0.15, 0.2) is 0 Å². The number of phenolic OH excluding ortho intramolecular Hbond substituents is 2. The number of carbonyl (C=O) groups is 14. The highest BCUT2D eigenvalue weighted by Crippen LogP contribution is 2.25. The molecular formula is C57H82N14O18S2. The maximum absolute atomic E-state index is 14.5. The van der Waals surface area contributed by atoms with Gasteiger partial charge < -0.3 is 83.8 Å². The van der Waals surface area contributed by atoms with Gasteiger partial charge in [-0.3, -0.25) is 72.5 Å². The van der Waals surface area contributed by atoms with Crippen molar-refractivity contribution in [3.05, 3.63) is 59.7 Å². The highest BCUT2D eigenvalue weighted by molar-refractivity contribution is 8.76. The fraction of sp³-hybridized carbons (Fsp3) is 0.544. The van der Waals surface area contributed by atoms with Crippen LogP contribution in [-0.4, -0.2) is 225 Å². The summed E-state index contributed by atoms with van der Waals surface area (Å²) in [5.74, 6) is -12.8. The topological polar surface area (TPSA) is 471 Å². The standard InChI is InChI=1S/C57H82N14O18S2/c1-30(2)20-42(63-46(78)25-59-45(77)24-60-48(80)27-70(69-34(6)74)19-17-58-33(5)73)57(89)71-18-7-8-44(71)55(87)67-43-29-91-90-28-31(3)62-56(88)50(32(4)72)68-47(79)26-61-51(83)39(21-35-9-13-37(75)14-10-35)64-52(84)40(22-36-11-15-38(76)16-12-36)65-53(85)41(23-49(81)82)66-54(43)86/h9-16,30-32,39-44,50,72,75-76H,7-8,17-29H2,1-6H3,(H,58,73)(H,59,77)(H,60,80)(H,61,83)(H,62,88)(H,63,78)(H,64,84)(H,65,85)(H,66,86)(H,67,87)(H,68,79)(H,69,74)(H,81,82)/t31-,32?,39+,40+,41+,42+,43+,44+,50+/m1/s1. The van der Waals surface area contributed by atoms with Crippen molar-refractivity contribution in [2.75, 3.05) is 57.3 Å². The molecule has 500 valence electrons. The Morgan fingerprint density at radius 2 is 1.24 bits per heavy atom. The molecule has 2 fully saturated rings. The number of likely N-dealkylation sites (tertiary alicyclic amines) is 1. The number of aromatic hydroxyl groups is 2. The van der Waals surface area contributed by atoms with E-state index < -0.39 is 157 Å². The molecule has 2 aliphatic heterocycles. The summed E-state index contributed by atoms with van der Waals surface area (Å²) >= 11 is 0. The molecule has 16 N–H and O–H groups in total. The molecule has 32 nitrogen and oxygen atoms in total. The van der Waals surface area contributed by atoms with E-state index in [2.05, 4.69) is 63.9 Å². The minimum absolute atomic E-state index is 0.0249. The molecule has 13 amide bonds. The highest BCUT2D eigenvalue weighted by Gasteiger charge is 2.40. The summed E-state index contributed by atoms with van der Waals surface area (Å²) in [4.78, 5) is 188. The Balaban J connectivity index is 1.60. The van der Waals surface area contributed by atoms with Crippen LogP contribution in [0.2, 0.25) is 0 Å². The molecule has 2 aromatic rings. The third-order valence-corrected chi connectivity index (χ3v) is 16.3. The predicted octanol–water partition coefficient (Wildman–Crippen LogP) is -4.58. The summed E-state index contributed by atoms with van der Waals surface area (Å²) in [5, 5.41) is 69.2. The highest BCUT2D eigenvalue weighted by atomic mass is 33.1. The molecule has 2 saturated heterocycles. The van der Waals surface area contributed by atoms with E-state index in [1.165, 1.54) is 79.2 Å². The summed E-state index contributed by atoms with van der Waals surface area (Å²) in [5.41, 5.74) is 3.19. The van der Waals surface area contributed by atoms with E-state index in [0.717, 1.165) is 21.6 Å². The molecule has 34 heteroatoms. The van der Waals surface area contributed by atoms with Gasteiger partial charge in [-0.05, 0) is 74.4 Å². The van der Waals surface area contributed by atoms with Gasteiger partial charge in [0.2, 0.25) is 76.8 Å². The van der Waals surface area contributed by atoms with E-state index in [9.17, 15) is 87.5 Å². The van der Waals surface area contributed by atoms with E-state index >= 15 is 0 Å². The molecule has 4 rings (SSSR count). The first-order valence-corrected chi connectivity index (χ1v) is 31.7. The number of carbonyl (C=O) groups excluding carboxylic acids is 13. The lowest BCUT2D eigenvalue weighted by atomic mass is 10.0. The Hall–Kier alpha value is -8.76. The van der Waals surface area contributed by atoms with Crippen molar-refractivity contribution in [3.63, 3.8) is 0 Å². The number of rotatable bonds is 23. The molecule has 0 aromatic heterocycles. The molecule has 2 heterocycles. The van der Waals surface area contributed by atoms with Crippen molar-refractivity contribution in [1.82, 2.24) is 73.8 Å². The average molecular weight is 1320 g/mol. The second kappa shape index (κ2) is 37.4. The van der Waals surface area contributed by atoms with Crippen molar-refractivity contribution in [2.45, 2.75) is 135 Å². The Morgan fingerprint density at radius 3 is 1.81 bits per heavy atom. The number of aliphatic hydroxyl groups is 1. The predicted molar refractivity (Wildman–Crippen MR) is 329 cm³/mol. The van der Waals surface area contributed by atoms with Gasteiger partial charge >= 0.3 is 5.97 Å². The maximum Gasteiger partial charge on any atom is 0.305 e. The first kappa shape index (κ1) is 74.7. The molecule has 0 spiro atoms. The SMILES string of the molecule is CC(=O)NCCN(CC(=O)NCC(=O)NCC(=O)N[C@@H](CC(C)C)C(=O)N1CCC[C@H]1C(=O)N[C@H]1CSSC[C@@H](C)NC(=O)[C@H](C(C)O)NC(=O)CNC(=O)[C@H](Cc2ccc(O)cc2)NC(=O)[C@H](Cc2ccc(O)cc2)NC(=O)[C@H](CC(=O)O)NC1=O)NC(C)=O. The first-order valence-electron chi connectivity index (χ1n) is 29.2. The molecule has 0 bridgehead atoms. The van der Waals surface area contributed by atoms with Gasteiger partial charge in [-0.25, -0.2) is 5.01 Å². The molecule has 2 aliphatic rings. The zero-order valence-corrected chi connectivity index (χ0v) is 52.8. The van der Waals surface area contributed by atoms with Crippen LogP contribution in [0.5, 0.6) is 11.5 Å². The number of benzene rings is 2. The average Bonchev–Trinajstić information content (AvgIpc) is 2.12. The number of carboxylic acid groups (broad SMARTS) is 1. The van der Waals surface area contributed by atoms with Crippen LogP contribution in [0.3, 0.4) is 0 Å². The van der Waals surface area contributed by atoms with Crippen LogP contribution >= 0.6 is 21.6 Å². The van der Waals surface area contributed by atoms with Gasteiger partial charge in [0.25, 0.3) is 0 Å². The number of aliphatic hydroxyl groups excluding tert-OH is 1. The van der Waals surface area contributed by atoms with Gasteiger partial charge in [-0.15, -0.1) is 0 Å². The number of hydrogen-bond donors (Lipinski definition) is 16. The third kappa shape index (κ3) is 27.1. The Kier molecular flexibility index (Phi) is 30.7. The number of nitrogens with one attached hydrogen (secondary N) is 12. The van der Waals surface area contributed by atoms with Gasteiger partial charge in [0, 0.05) is 63.9 Å². The van der Waals surface area contributed by atoms with Crippen LogP contribution < -0.4 is 63.9 Å². The molecule has 9 atom stereocenters. The summed E-state index contributed by atoms with van der Waals surface area (Å²) in [6, 6.07) is -0.416. The Bertz CT molecular complexity index is 2920. The second-order valence-corrected chi connectivity index (χ2v) is 24.7.